The fourth-order valence-electron chi connectivity index (χ4n) is 5.49. The predicted molar refractivity (Wildman–Crippen MR) is 144 cm³/mol. The molecule has 0 amide bonds. The summed E-state index contributed by atoms with van der Waals surface area (Å²) in [5.41, 5.74) is -1.42. The van der Waals surface area contributed by atoms with Crippen molar-refractivity contribution in [1.82, 2.24) is 9.55 Å². The number of aliphatic hydroxyl groups is 2. The molecule has 1 fully saturated rings. The third kappa shape index (κ3) is 3.76. The van der Waals surface area contributed by atoms with Crippen LogP contribution in [0, 0.1) is 3.57 Å². The van der Waals surface area contributed by atoms with Gasteiger partial charge in [-0.3, -0.25) is 14.3 Å². The zero-order valence-electron chi connectivity index (χ0n) is 19.3. The van der Waals surface area contributed by atoms with Crippen molar-refractivity contribution in [2.24, 2.45) is 0 Å². The van der Waals surface area contributed by atoms with E-state index in [2.05, 4.69) is 4.98 Å². The molecule has 184 valence electrons. The van der Waals surface area contributed by atoms with Crippen molar-refractivity contribution in [2.45, 2.75) is 29.8 Å². The molecule has 3 aromatic carbocycles. The molecule has 1 aromatic heterocycles. The molecule has 0 bridgehead atoms. The highest BCUT2D eigenvalue weighted by molar-refractivity contribution is 14.1. The number of H-pyrrole nitrogens is 1. The van der Waals surface area contributed by atoms with Gasteiger partial charge in [-0.25, -0.2) is 4.79 Å². The quantitative estimate of drug-likeness (QED) is 0.235. The number of ether oxygens (including phenoxy) is 1. The molecule has 0 aliphatic carbocycles. The number of nitrogens with one attached hydrogen (secondary N) is 1. The molecule has 36 heavy (non-hydrogen) atoms. The lowest BCUT2D eigenvalue weighted by Gasteiger charge is -2.50. The smallest absolute Gasteiger partial charge is 0.330 e. The second-order valence-electron chi connectivity index (χ2n) is 8.85. The van der Waals surface area contributed by atoms with Gasteiger partial charge in [-0.1, -0.05) is 91.0 Å². The summed E-state index contributed by atoms with van der Waals surface area (Å²) in [7, 11) is 0. The molecule has 0 saturated carbocycles. The van der Waals surface area contributed by atoms with Gasteiger partial charge in [0.05, 0.1) is 21.7 Å². The zero-order chi connectivity index (χ0) is 25.3. The fourth-order valence-corrected chi connectivity index (χ4v) is 5.90. The number of rotatable bonds is 6. The first-order valence-electron chi connectivity index (χ1n) is 11.6. The number of nitrogens with zero attached hydrogens (tertiary/aromatic N) is 1. The van der Waals surface area contributed by atoms with E-state index >= 15 is 0 Å². The molecule has 1 aliphatic heterocycles. The topological polar surface area (TPSA) is 105 Å². The van der Waals surface area contributed by atoms with Gasteiger partial charge in [0.1, 0.15) is 6.10 Å². The van der Waals surface area contributed by atoms with E-state index in [0.717, 1.165) is 16.7 Å². The first-order chi connectivity index (χ1) is 17.4. The number of benzene rings is 3. The van der Waals surface area contributed by atoms with Crippen molar-refractivity contribution < 1.29 is 14.9 Å². The first-order valence-corrected chi connectivity index (χ1v) is 12.7. The third-order valence-corrected chi connectivity index (χ3v) is 7.70. The Kier molecular flexibility index (Phi) is 6.69. The minimum atomic E-state index is -1.55. The average Bonchev–Trinajstić information content (AvgIpc) is 3.25. The lowest BCUT2D eigenvalue weighted by Crippen LogP contribution is -2.59. The van der Waals surface area contributed by atoms with Crippen molar-refractivity contribution in [1.29, 1.82) is 0 Å². The monoisotopic (exact) mass is 596 g/mol. The normalized spacial score (nSPS) is 22.0. The molecule has 7 nitrogen and oxygen atoms in total. The van der Waals surface area contributed by atoms with Gasteiger partial charge in [-0.05, 0) is 39.3 Å². The van der Waals surface area contributed by atoms with Crippen LogP contribution in [0.25, 0.3) is 0 Å². The van der Waals surface area contributed by atoms with Crippen molar-refractivity contribution in [3.05, 3.63) is 138 Å². The van der Waals surface area contributed by atoms with Gasteiger partial charge in [0.2, 0.25) is 0 Å². The summed E-state index contributed by atoms with van der Waals surface area (Å²) < 4.78 is 8.31. The lowest BCUT2D eigenvalue weighted by molar-refractivity contribution is -0.147. The van der Waals surface area contributed by atoms with Crippen LogP contribution >= 0.6 is 22.6 Å². The molecular weight excluding hydrogens is 571 g/mol. The van der Waals surface area contributed by atoms with E-state index in [-0.39, 0.29) is 6.42 Å². The second-order valence-corrected chi connectivity index (χ2v) is 10.0. The van der Waals surface area contributed by atoms with Crippen LogP contribution in [0.5, 0.6) is 0 Å². The summed E-state index contributed by atoms with van der Waals surface area (Å²) in [6.07, 6.45) is -0.560. The van der Waals surface area contributed by atoms with Crippen LogP contribution in [0.1, 0.15) is 23.1 Å². The molecule has 1 aliphatic rings. The van der Waals surface area contributed by atoms with Gasteiger partial charge in [0.25, 0.3) is 5.56 Å². The third-order valence-electron chi connectivity index (χ3n) is 6.94. The molecule has 0 spiro atoms. The van der Waals surface area contributed by atoms with Crippen LogP contribution in [0.2, 0.25) is 0 Å². The van der Waals surface area contributed by atoms with Crippen molar-refractivity contribution in [3.63, 3.8) is 0 Å². The Hall–Kier alpha value is -3.05. The number of aromatic amines is 1. The van der Waals surface area contributed by atoms with Crippen molar-refractivity contribution in [2.75, 3.05) is 6.61 Å². The van der Waals surface area contributed by atoms with Crippen molar-refractivity contribution >= 4 is 22.6 Å². The van der Waals surface area contributed by atoms with Gasteiger partial charge in [0.15, 0.2) is 5.72 Å². The highest BCUT2D eigenvalue weighted by atomic mass is 127. The number of hydrogen-bond acceptors (Lipinski definition) is 5. The Morgan fingerprint density at radius 3 is 1.81 bits per heavy atom. The summed E-state index contributed by atoms with van der Waals surface area (Å²) >= 11 is 1.88. The average molecular weight is 596 g/mol. The SMILES string of the molecule is O=c1[nH]c(=O)n([C@@]2(C(c3ccccc3)(c3ccccc3)c3ccccc3)C[C@H](O)[C@@H](CO)O2)cc1I. The maximum Gasteiger partial charge on any atom is 0.330 e. The summed E-state index contributed by atoms with van der Waals surface area (Å²) in [6, 6.07) is 29.0. The maximum atomic E-state index is 13.5. The summed E-state index contributed by atoms with van der Waals surface area (Å²) in [5, 5.41) is 21.3. The maximum absolute atomic E-state index is 13.5. The largest absolute Gasteiger partial charge is 0.394 e. The van der Waals surface area contributed by atoms with E-state index in [9.17, 15) is 19.8 Å². The van der Waals surface area contributed by atoms with Crippen LogP contribution in [-0.4, -0.2) is 38.6 Å². The van der Waals surface area contributed by atoms with Crippen LogP contribution in [0.3, 0.4) is 0 Å². The molecule has 4 aromatic rings. The minimum Gasteiger partial charge on any atom is -0.394 e. The molecule has 8 heteroatoms. The zero-order valence-corrected chi connectivity index (χ0v) is 21.4. The van der Waals surface area contributed by atoms with Crippen LogP contribution < -0.4 is 11.2 Å². The molecule has 0 unspecified atom stereocenters. The van der Waals surface area contributed by atoms with Gasteiger partial charge >= 0.3 is 5.69 Å². The number of halogens is 1. The number of hydrogen-bond donors (Lipinski definition) is 3. The highest BCUT2D eigenvalue weighted by Crippen LogP contribution is 2.56. The Morgan fingerprint density at radius 2 is 1.39 bits per heavy atom. The predicted octanol–water partition coefficient (Wildman–Crippen LogP) is 2.97. The lowest BCUT2D eigenvalue weighted by atomic mass is 9.61. The molecule has 2 heterocycles. The molecule has 1 saturated heterocycles. The Bertz CT molecular complexity index is 1360. The fraction of sp³-hybridized carbons (Fsp3) is 0.214. The van der Waals surface area contributed by atoms with Gasteiger partial charge in [-0.2, -0.15) is 0 Å². The van der Waals surface area contributed by atoms with E-state index in [4.69, 9.17) is 4.74 Å². The Morgan fingerprint density at radius 1 is 0.917 bits per heavy atom. The van der Waals surface area contributed by atoms with Crippen LogP contribution in [0.15, 0.2) is 107 Å². The summed E-state index contributed by atoms with van der Waals surface area (Å²) in [6.45, 7) is -0.438. The minimum absolute atomic E-state index is 0.0149. The van der Waals surface area contributed by atoms with E-state index in [1.165, 1.54) is 10.8 Å². The highest BCUT2D eigenvalue weighted by Gasteiger charge is 2.63. The molecule has 3 atom stereocenters. The molecule has 5 rings (SSSR count). The number of aromatic nitrogens is 2. The Labute approximate surface area is 221 Å². The van der Waals surface area contributed by atoms with E-state index in [0.29, 0.717) is 3.57 Å². The second kappa shape index (κ2) is 9.78. The van der Waals surface area contributed by atoms with E-state index < -0.39 is 41.2 Å². The van der Waals surface area contributed by atoms with Crippen molar-refractivity contribution in [3.8, 4) is 0 Å². The van der Waals surface area contributed by atoms with Crippen LogP contribution in [-0.2, 0) is 15.9 Å². The van der Waals surface area contributed by atoms with E-state index in [1.807, 2.05) is 114 Å². The van der Waals surface area contributed by atoms with Gasteiger partial charge in [-0.15, -0.1) is 0 Å². The number of aliphatic hydroxyl groups excluding tert-OH is 2. The first kappa shape index (κ1) is 24.6. The molecular formula is C28H25IN2O5. The summed E-state index contributed by atoms with van der Waals surface area (Å²) in [4.78, 5) is 28.3. The van der Waals surface area contributed by atoms with Crippen LogP contribution in [0.4, 0.5) is 0 Å². The standard InChI is InChI=1S/C28H25IN2O5/c29-22-17-31(26(35)30-25(22)34)27(16-23(33)24(18-32)36-27)28(19-10-4-1-5-11-19,20-12-6-2-7-13-20)21-14-8-3-9-15-21/h1-15,17,23-24,32-33H,16,18H2,(H,30,34,35)/t23-,24+,27-/m0/s1. The Balaban J connectivity index is 2.01. The van der Waals surface area contributed by atoms with E-state index in [1.54, 1.807) is 0 Å². The summed E-state index contributed by atoms with van der Waals surface area (Å²) in [5.74, 6) is 0. The molecule has 0 radical (unpaired) electrons. The molecule has 3 N–H and O–H groups in total. The van der Waals surface area contributed by atoms with Gasteiger partial charge < -0.3 is 14.9 Å². The van der Waals surface area contributed by atoms with Gasteiger partial charge in [0, 0.05) is 12.6 Å².